The molecule has 0 spiro atoms. The lowest BCUT2D eigenvalue weighted by molar-refractivity contribution is 0.0984. The second-order valence-electron chi connectivity index (χ2n) is 9.05. The van der Waals surface area contributed by atoms with Gasteiger partial charge in [0.1, 0.15) is 11.3 Å². The molecule has 0 bridgehead atoms. The van der Waals surface area contributed by atoms with Gasteiger partial charge < -0.3 is 0 Å². The van der Waals surface area contributed by atoms with Gasteiger partial charge in [0, 0.05) is 30.9 Å². The number of benzene rings is 2. The average Bonchev–Trinajstić information content (AvgIpc) is 3.32. The molecule has 4 aromatic rings. The van der Waals surface area contributed by atoms with Gasteiger partial charge in [0.25, 0.3) is 5.91 Å². The summed E-state index contributed by atoms with van der Waals surface area (Å²) in [6.45, 7) is 3.08. The minimum absolute atomic E-state index is 0.0301. The lowest BCUT2D eigenvalue weighted by Gasteiger charge is -2.29. The highest BCUT2D eigenvalue weighted by atomic mass is 32.2. The van der Waals surface area contributed by atoms with Crippen LogP contribution >= 0.6 is 11.3 Å². The van der Waals surface area contributed by atoms with Crippen LogP contribution in [0.2, 0.25) is 0 Å². The third-order valence-electron chi connectivity index (χ3n) is 6.41. The minimum atomic E-state index is -3.66. The predicted molar refractivity (Wildman–Crippen MR) is 138 cm³/mol. The molecule has 11 heteroatoms. The Balaban J connectivity index is 1.47. The van der Waals surface area contributed by atoms with Crippen LogP contribution in [0.5, 0.6) is 0 Å². The fourth-order valence-electron chi connectivity index (χ4n) is 4.24. The fourth-order valence-corrected chi connectivity index (χ4v) is 6.71. The zero-order chi connectivity index (χ0) is 26.2. The number of piperidine rings is 1. The molecule has 192 valence electrons. The second kappa shape index (κ2) is 10.2. The number of halogens is 2. The van der Waals surface area contributed by atoms with Gasteiger partial charge in [0.05, 0.1) is 21.8 Å². The van der Waals surface area contributed by atoms with Crippen LogP contribution in [0.3, 0.4) is 0 Å². The number of nitrogens with zero attached hydrogens (tertiary/aromatic N) is 4. The van der Waals surface area contributed by atoms with E-state index in [2.05, 4.69) is 16.9 Å². The molecule has 1 aliphatic heterocycles. The van der Waals surface area contributed by atoms with Gasteiger partial charge in [-0.05, 0) is 61.2 Å². The summed E-state index contributed by atoms with van der Waals surface area (Å²) in [6, 6.07) is 12.9. The van der Waals surface area contributed by atoms with Crippen LogP contribution in [-0.2, 0) is 16.6 Å². The molecule has 1 aliphatic rings. The predicted octanol–water partition coefficient (Wildman–Crippen LogP) is 5.24. The van der Waals surface area contributed by atoms with E-state index in [1.165, 1.54) is 39.5 Å². The molecule has 0 unspecified atom stereocenters. The molecular weight excluding hydrogens is 518 g/mol. The van der Waals surface area contributed by atoms with E-state index in [-0.39, 0.29) is 32.4 Å². The first-order valence-electron chi connectivity index (χ1n) is 11.8. The van der Waals surface area contributed by atoms with Crippen LogP contribution in [0.4, 0.5) is 13.9 Å². The van der Waals surface area contributed by atoms with Crippen LogP contribution in [0.25, 0.3) is 10.2 Å². The third kappa shape index (κ3) is 5.25. The second-order valence-corrected chi connectivity index (χ2v) is 12.0. The fraction of sp³-hybridized carbons (Fsp3) is 0.269. The van der Waals surface area contributed by atoms with Crippen molar-refractivity contribution in [2.45, 2.75) is 31.2 Å². The summed E-state index contributed by atoms with van der Waals surface area (Å²) in [7, 11) is -3.66. The van der Waals surface area contributed by atoms with Crippen molar-refractivity contribution in [3.63, 3.8) is 0 Å². The maximum Gasteiger partial charge on any atom is 0.260 e. The van der Waals surface area contributed by atoms with Crippen molar-refractivity contribution in [1.29, 1.82) is 0 Å². The van der Waals surface area contributed by atoms with Gasteiger partial charge >= 0.3 is 0 Å². The van der Waals surface area contributed by atoms with Gasteiger partial charge in [-0.1, -0.05) is 24.3 Å². The third-order valence-corrected chi connectivity index (χ3v) is 9.34. The molecule has 0 aliphatic carbocycles. The molecular formula is C26H24F2N4O3S2. The largest absolute Gasteiger partial charge is 0.278 e. The summed E-state index contributed by atoms with van der Waals surface area (Å²) in [5.41, 5.74) is 0.769. The van der Waals surface area contributed by atoms with E-state index in [0.717, 1.165) is 30.2 Å². The first-order chi connectivity index (χ1) is 17.7. The highest BCUT2D eigenvalue weighted by Crippen LogP contribution is 2.33. The number of rotatable bonds is 6. The van der Waals surface area contributed by atoms with Crippen molar-refractivity contribution < 1.29 is 22.0 Å². The number of hydrogen-bond acceptors (Lipinski definition) is 6. The smallest absolute Gasteiger partial charge is 0.260 e. The molecule has 0 N–H and O–H groups in total. The van der Waals surface area contributed by atoms with Crippen LogP contribution in [0.1, 0.15) is 35.8 Å². The van der Waals surface area contributed by atoms with E-state index in [1.807, 2.05) is 0 Å². The van der Waals surface area contributed by atoms with Gasteiger partial charge in [-0.2, -0.15) is 4.31 Å². The Morgan fingerprint density at radius 1 is 1.11 bits per heavy atom. The molecule has 2 aromatic heterocycles. The van der Waals surface area contributed by atoms with Crippen molar-refractivity contribution in [3.05, 3.63) is 83.7 Å². The van der Waals surface area contributed by atoms with Gasteiger partial charge in [0.2, 0.25) is 10.0 Å². The number of amides is 1. The van der Waals surface area contributed by atoms with E-state index in [9.17, 15) is 22.0 Å². The highest BCUT2D eigenvalue weighted by molar-refractivity contribution is 7.89. The topological polar surface area (TPSA) is 83.5 Å². The summed E-state index contributed by atoms with van der Waals surface area (Å²) < 4.78 is 56.0. The number of thiazole rings is 1. The van der Waals surface area contributed by atoms with Crippen molar-refractivity contribution in [1.82, 2.24) is 14.3 Å². The van der Waals surface area contributed by atoms with E-state index in [0.29, 0.717) is 24.7 Å². The summed E-state index contributed by atoms with van der Waals surface area (Å²) in [5.74, 6) is -1.53. The number of carbonyl (C=O) groups is 1. The Hall–Kier alpha value is -3.28. The first-order valence-corrected chi connectivity index (χ1v) is 14.1. The standard InChI is InChI=1S/C26H24F2N4O3S2/c1-17-9-12-31(13-10-17)37(34,35)21-7-5-18(6-8-21)25(33)32(16-20-4-2-3-11-29-20)26-30-24-22(28)14-19(27)15-23(24)36-26/h2-8,11,14-15,17H,9-10,12-13,16H2,1H3. The van der Waals surface area contributed by atoms with Gasteiger partial charge in [-0.3, -0.25) is 14.7 Å². The number of sulfonamides is 1. The molecule has 1 fully saturated rings. The van der Waals surface area contributed by atoms with Crippen molar-refractivity contribution in [2.24, 2.45) is 5.92 Å². The van der Waals surface area contributed by atoms with Crippen LogP contribution in [-0.4, -0.2) is 41.7 Å². The van der Waals surface area contributed by atoms with Crippen LogP contribution < -0.4 is 4.90 Å². The van der Waals surface area contributed by atoms with Crippen LogP contribution in [0.15, 0.2) is 65.7 Å². The Bertz CT molecular complexity index is 1540. The first kappa shape index (κ1) is 25.4. The number of fused-ring (bicyclic) bond motifs is 1. The molecule has 37 heavy (non-hydrogen) atoms. The molecule has 3 heterocycles. The van der Waals surface area contributed by atoms with Crippen molar-refractivity contribution in [2.75, 3.05) is 18.0 Å². The Morgan fingerprint density at radius 3 is 2.51 bits per heavy atom. The normalized spacial score (nSPS) is 15.2. The lowest BCUT2D eigenvalue weighted by Crippen LogP contribution is -2.37. The summed E-state index contributed by atoms with van der Waals surface area (Å²) in [5, 5.41) is 0.175. The summed E-state index contributed by atoms with van der Waals surface area (Å²) in [4.78, 5) is 23.6. The molecule has 1 amide bonds. The number of aromatic nitrogens is 2. The number of hydrogen-bond donors (Lipinski definition) is 0. The lowest BCUT2D eigenvalue weighted by atomic mass is 10.0. The van der Waals surface area contributed by atoms with Crippen molar-refractivity contribution in [3.8, 4) is 0 Å². The highest BCUT2D eigenvalue weighted by Gasteiger charge is 2.29. The molecule has 0 saturated carbocycles. The number of carbonyl (C=O) groups excluding carboxylic acids is 1. The van der Waals surface area contributed by atoms with E-state index in [4.69, 9.17) is 0 Å². The molecule has 2 aromatic carbocycles. The number of pyridine rings is 1. The minimum Gasteiger partial charge on any atom is -0.278 e. The van der Waals surface area contributed by atoms with E-state index >= 15 is 0 Å². The molecule has 0 radical (unpaired) electrons. The van der Waals surface area contributed by atoms with Gasteiger partial charge in [-0.15, -0.1) is 0 Å². The van der Waals surface area contributed by atoms with Gasteiger partial charge in [0.15, 0.2) is 10.9 Å². The van der Waals surface area contributed by atoms with E-state index < -0.39 is 27.6 Å². The quantitative estimate of drug-likeness (QED) is 0.333. The van der Waals surface area contributed by atoms with Gasteiger partial charge in [-0.25, -0.2) is 22.2 Å². The Labute approximate surface area is 217 Å². The maximum atomic E-state index is 14.3. The molecule has 0 atom stereocenters. The Kier molecular flexibility index (Phi) is 7.02. The van der Waals surface area contributed by atoms with Crippen molar-refractivity contribution >= 4 is 42.6 Å². The summed E-state index contributed by atoms with van der Waals surface area (Å²) in [6.07, 6.45) is 3.21. The van der Waals surface area contributed by atoms with E-state index in [1.54, 1.807) is 24.4 Å². The zero-order valence-corrected chi connectivity index (χ0v) is 21.6. The monoisotopic (exact) mass is 542 g/mol. The molecule has 7 nitrogen and oxygen atoms in total. The average molecular weight is 543 g/mol. The number of anilines is 1. The zero-order valence-electron chi connectivity index (χ0n) is 20.0. The molecule has 5 rings (SSSR count). The maximum absolute atomic E-state index is 14.3. The SMILES string of the molecule is CC1CCN(S(=O)(=O)c2ccc(C(=O)N(Cc3ccccn3)c3nc4c(F)cc(F)cc4s3)cc2)CC1. The Morgan fingerprint density at radius 2 is 1.84 bits per heavy atom. The molecule has 1 saturated heterocycles. The summed E-state index contributed by atoms with van der Waals surface area (Å²) >= 11 is 0.986. The van der Waals surface area contributed by atoms with Crippen LogP contribution in [0, 0.1) is 17.6 Å².